The Morgan fingerprint density at radius 2 is 2.28 bits per heavy atom. The van der Waals surface area contributed by atoms with E-state index >= 15 is 0 Å². The molecule has 0 radical (unpaired) electrons. The number of anilines is 1. The molecule has 1 saturated heterocycles. The first kappa shape index (κ1) is 12.9. The first-order valence-electron chi connectivity index (χ1n) is 6.19. The molecular weight excluding hydrogens is 226 g/mol. The maximum Gasteiger partial charge on any atom is 0.0992 e. The van der Waals surface area contributed by atoms with Crippen molar-refractivity contribution in [1.29, 1.82) is 5.26 Å². The van der Waals surface area contributed by atoms with Crippen LogP contribution >= 0.6 is 0 Å². The Bertz CT molecular complexity index is 464. The van der Waals surface area contributed by atoms with Crippen LogP contribution in [0.3, 0.4) is 0 Å². The van der Waals surface area contributed by atoms with Gasteiger partial charge in [-0.2, -0.15) is 5.26 Å². The van der Waals surface area contributed by atoms with Gasteiger partial charge in [0.1, 0.15) is 0 Å². The number of aliphatic hydroxyl groups excluding tert-OH is 1. The molecule has 18 heavy (non-hydrogen) atoms. The Morgan fingerprint density at radius 1 is 1.50 bits per heavy atom. The molecule has 0 amide bonds. The van der Waals surface area contributed by atoms with E-state index in [0.717, 1.165) is 12.2 Å². The van der Waals surface area contributed by atoms with Crippen molar-refractivity contribution in [1.82, 2.24) is 5.32 Å². The van der Waals surface area contributed by atoms with E-state index in [1.54, 1.807) is 6.07 Å². The van der Waals surface area contributed by atoms with Crippen LogP contribution in [-0.4, -0.2) is 36.4 Å². The van der Waals surface area contributed by atoms with E-state index in [9.17, 15) is 5.11 Å². The highest BCUT2D eigenvalue weighted by molar-refractivity contribution is 5.53. The van der Waals surface area contributed by atoms with Crippen molar-refractivity contribution >= 4 is 5.69 Å². The highest BCUT2D eigenvalue weighted by atomic mass is 16.3. The predicted octanol–water partition coefficient (Wildman–Crippen LogP) is 1.11. The van der Waals surface area contributed by atoms with Crippen LogP contribution in [0.1, 0.15) is 19.4 Å². The molecule has 0 aliphatic carbocycles. The van der Waals surface area contributed by atoms with Crippen LogP contribution in [0, 0.1) is 11.3 Å². The van der Waals surface area contributed by atoms with Crippen molar-refractivity contribution in [2.75, 3.05) is 24.5 Å². The lowest BCUT2D eigenvalue weighted by atomic mass is 10.0. The molecule has 0 spiro atoms. The molecule has 1 fully saturated rings. The fourth-order valence-electron chi connectivity index (χ4n) is 2.36. The van der Waals surface area contributed by atoms with E-state index in [4.69, 9.17) is 5.26 Å². The van der Waals surface area contributed by atoms with Gasteiger partial charge in [-0.3, -0.25) is 0 Å². The summed E-state index contributed by atoms with van der Waals surface area (Å²) in [5.74, 6) is 0. The second kappa shape index (κ2) is 4.97. The lowest BCUT2D eigenvalue weighted by Gasteiger charge is -2.39. The van der Waals surface area contributed by atoms with Gasteiger partial charge in [0.05, 0.1) is 17.7 Å². The normalized spacial score (nSPS) is 23.2. The van der Waals surface area contributed by atoms with Gasteiger partial charge in [0, 0.05) is 30.9 Å². The molecule has 1 aliphatic heterocycles. The fourth-order valence-corrected chi connectivity index (χ4v) is 2.36. The van der Waals surface area contributed by atoms with Crippen molar-refractivity contribution in [3.8, 4) is 6.07 Å². The molecule has 4 heteroatoms. The molecule has 96 valence electrons. The number of aliphatic hydroxyl groups is 1. The number of nitrogens with zero attached hydrogens (tertiary/aromatic N) is 2. The van der Waals surface area contributed by atoms with Gasteiger partial charge in [0.2, 0.25) is 0 Å². The summed E-state index contributed by atoms with van der Waals surface area (Å²) in [6, 6.07) is 9.70. The van der Waals surface area contributed by atoms with E-state index < -0.39 is 6.10 Å². The summed E-state index contributed by atoms with van der Waals surface area (Å²) in [7, 11) is 0. The molecule has 1 aromatic carbocycles. The minimum atomic E-state index is -0.391. The second-order valence-electron chi connectivity index (χ2n) is 5.37. The summed E-state index contributed by atoms with van der Waals surface area (Å²) in [5, 5.41) is 22.1. The summed E-state index contributed by atoms with van der Waals surface area (Å²) in [6.07, 6.45) is -0.391. The highest BCUT2D eigenvalue weighted by Crippen LogP contribution is 2.26. The Labute approximate surface area is 108 Å². The SMILES string of the molecule is CC1(C)CNCC(O)CN1c1cccc(C#N)c1. The Balaban J connectivity index is 2.35. The average Bonchev–Trinajstić information content (AvgIpc) is 2.48. The lowest BCUT2D eigenvalue weighted by Crippen LogP contribution is -2.49. The van der Waals surface area contributed by atoms with Gasteiger partial charge in [-0.05, 0) is 32.0 Å². The van der Waals surface area contributed by atoms with Crippen LogP contribution in [0.15, 0.2) is 24.3 Å². The molecule has 2 rings (SSSR count). The van der Waals surface area contributed by atoms with Crippen LogP contribution in [0.5, 0.6) is 0 Å². The molecule has 2 N–H and O–H groups in total. The summed E-state index contributed by atoms with van der Waals surface area (Å²) in [5.41, 5.74) is 1.54. The highest BCUT2D eigenvalue weighted by Gasteiger charge is 2.31. The number of nitrogens with one attached hydrogen (secondary N) is 1. The van der Waals surface area contributed by atoms with Crippen molar-refractivity contribution < 1.29 is 5.11 Å². The molecular formula is C14H19N3O. The first-order valence-corrected chi connectivity index (χ1v) is 6.19. The van der Waals surface area contributed by atoms with E-state index in [2.05, 4.69) is 30.1 Å². The lowest BCUT2D eigenvalue weighted by molar-refractivity contribution is 0.183. The van der Waals surface area contributed by atoms with Gasteiger partial charge in [0.25, 0.3) is 0 Å². The number of β-amino-alcohol motifs (C(OH)–C–C–N with tert-alkyl or cyclic N) is 1. The Morgan fingerprint density at radius 3 is 3.00 bits per heavy atom. The monoisotopic (exact) mass is 245 g/mol. The fraction of sp³-hybridized carbons (Fsp3) is 0.500. The summed E-state index contributed by atoms with van der Waals surface area (Å²) in [4.78, 5) is 2.17. The van der Waals surface area contributed by atoms with E-state index in [0.29, 0.717) is 18.7 Å². The first-order chi connectivity index (χ1) is 8.53. The zero-order chi connectivity index (χ0) is 13.2. The van der Waals surface area contributed by atoms with E-state index in [1.165, 1.54) is 0 Å². The molecule has 1 heterocycles. The zero-order valence-electron chi connectivity index (χ0n) is 10.8. The molecule has 4 nitrogen and oxygen atoms in total. The quantitative estimate of drug-likeness (QED) is 0.778. The molecule has 0 aromatic heterocycles. The summed E-state index contributed by atoms with van der Waals surface area (Å²) >= 11 is 0. The zero-order valence-corrected chi connectivity index (χ0v) is 10.8. The number of rotatable bonds is 1. The van der Waals surface area contributed by atoms with E-state index in [1.807, 2.05) is 18.2 Å². The van der Waals surface area contributed by atoms with Crippen molar-refractivity contribution in [2.45, 2.75) is 25.5 Å². The number of hydrogen-bond acceptors (Lipinski definition) is 4. The Hall–Kier alpha value is -1.57. The molecule has 1 aliphatic rings. The standard InChI is InChI=1S/C14H19N3O/c1-14(2)10-16-8-13(18)9-17(14)12-5-3-4-11(6-12)7-15/h3-6,13,16,18H,8-10H2,1-2H3. The van der Waals surface area contributed by atoms with Crippen LogP contribution in [0.25, 0.3) is 0 Å². The van der Waals surface area contributed by atoms with Gasteiger partial charge in [-0.15, -0.1) is 0 Å². The van der Waals surface area contributed by atoms with Crippen LogP contribution in [0.4, 0.5) is 5.69 Å². The van der Waals surface area contributed by atoms with Crippen molar-refractivity contribution in [3.05, 3.63) is 29.8 Å². The topological polar surface area (TPSA) is 59.3 Å². The largest absolute Gasteiger partial charge is 0.390 e. The maximum absolute atomic E-state index is 9.91. The molecule has 0 bridgehead atoms. The molecule has 1 atom stereocenters. The van der Waals surface area contributed by atoms with E-state index in [-0.39, 0.29) is 5.54 Å². The van der Waals surface area contributed by atoms with Gasteiger partial charge < -0.3 is 15.3 Å². The third kappa shape index (κ3) is 2.63. The average molecular weight is 245 g/mol. The van der Waals surface area contributed by atoms with Crippen LogP contribution < -0.4 is 10.2 Å². The van der Waals surface area contributed by atoms with Crippen LogP contribution in [-0.2, 0) is 0 Å². The predicted molar refractivity (Wildman–Crippen MR) is 71.5 cm³/mol. The minimum Gasteiger partial charge on any atom is -0.390 e. The smallest absolute Gasteiger partial charge is 0.0992 e. The summed E-state index contributed by atoms with van der Waals surface area (Å²) in [6.45, 7) is 6.27. The number of nitriles is 1. The number of hydrogen-bond donors (Lipinski definition) is 2. The molecule has 0 saturated carbocycles. The summed E-state index contributed by atoms with van der Waals surface area (Å²) < 4.78 is 0. The third-order valence-corrected chi connectivity index (χ3v) is 3.35. The number of benzene rings is 1. The molecule has 1 unspecified atom stereocenters. The maximum atomic E-state index is 9.91. The van der Waals surface area contributed by atoms with Gasteiger partial charge in [-0.25, -0.2) is 0 Å². The Kier molecular flexibility index (Phi) is 3.55. The van der Waals surface area contributed by atoms with Crippen molar-refractivity contribution in [3.63, 3.8) is 0 Å². The van der Waals surface area contributed by atoms with Gasteiger partial charge in [0.15, 0.2) is 0 Å². The van der Waals surface area contributed by atoms with Crippen LogP contribution in [0.2, 0.25) is 0 Å². The minimum absolute atomic E-state index is 0.0917. The molecule has 1 aromatic rings. The second-order valence-corrected chi connectivity index (χ2v) is 5.37. The van der Waals surface area contributed by atoms with Crippen molar-refractivity contribution in [2.24, 2.45) is 0 Å². The van der Waals surface area contributed by atoms with Gasteiger partial charge >= 0.3 is 0 Å². The third-order valence-electron chi connectivity index (χ3n) is 3.35. The van der Waals surface area contributed by atoms with Gasteiger partial charge in [-0.1, -0.05) is 6.07 Å².